The minimum Gasteiger partial charge on any atom is -0.475 e. The molecule has 1 heterocycles. The fourth-order valence-electron chi connectivity index (χ4n) is 1.67. The first-order valence-electron chi connectivity index (χ1n) is 6.03. The topological polar surface area (TPSA) is 95.3 Å². The van der Waals surface area contributed by atoms with Gasteiger partial charge in [-0.15, -0.1) is 0 Å². The Morgan fingerprint density at radius 2 is 2.11 bits per heavy atom. The summed E-state index contributed by atoms with van der Waals surface area (Å²) in [4.78, 5) is 18.9. The van der Waals surface area contributed by atoms with Crippen LogP contribution in [0.3, 0.4) is 0 Å². The molecule has 0 radical (unpaired) electrons. The number of carboxylic acid groups (broad SMARTS) is 1. The number of benzene rings is 1. The summed E-state index contributed by atoms with van der Waals surface area (Å²) >= 11 is 0. The zero-order valence-corrected chi connectivity index (χ0v) is 10.5. The fraction of sp³-hybridized carbons (Fsp3) is 0.308. The average molecular weight is 261 g/mol. The van der Waals surface area contributed by atoms with Gasteiger partial charge in [0.15, 0.2) is 0 Å². The lowest BCUT2D eigenvalue weighted by molar-refractivity contribution is 0.0684. The predicted molar refractivity (Wildman–Crippen MR) is 71.3 cm³/mol. The van der Waals surface area contributed by atoms with Crippen LogP contribution in [0.25, 0.3) is 10.9 Å². The van der Waals surface area contributed by atoms with Gasteiger partial charge in [-0.3, -0.25) is 0 Å². The molecule has 0 amide bonds. The van der Waals surface area contributed by atoms with Crippen molar-refractivity contribution in [2.45, 2.75) is 19.4 Å². The number of hydrogen-bond donors (Lipinski definition) is 3. The summed E-state index contributed by atoms with van der Waals surface area (Å²) in [6.07, 6.45) is 0.115. The van der Waals surface area contributed by atoms with E-state index in [1.165, 1.54) is 0 Å². The number of aromatic nitrogens is 2. The Labute approximate surface area is 110 Å². The summed E-state index contributed by atoms with van der Waals surface area (Å²) < 4.78 is 0. The van der Waals surface area contributed by atoms with Gasteiger partial charge in [-0.05, 0) is 18.6 Å². The Balaban J connectivity index is 2.41. The molecular formula is C13H15N3O3. The number of anilines is 1. The van der Waals surface area contributed by atoms with E-state index < -0.39 is 12.1 Å². The van der Waals surface area contributed by atoms with Gasteiger partial charge in [-0.25, -0.2) is 14.8 Å². The zero-order chi connectivity index (χ0) is 13.8. The highest BCUT2D eigenvalue weighted by atomic mass is 16.4. The highest BCUT2D eigenvalue weighted by molar-refractivity contribution is 5.93. The summed E-state index contributed by atoms with van der Waals surface area (Å²) in [5, 5.41) is 22.2. The van der Waals surface area contributed by atoms with E-state index in [0.29, 0.717) is 24.3 Å². The highest BCUT2D eigenvalue weighted by Crippen LogP contribution is 2.20. The molecule has 1 atom stereocenters. The molecular weight excluding hydrogens is 246 g/mol. The van der Waals surface area contributed by atoms with Crippen molar-refractivity contribution in [3.63, 3.8) is 0 Å². The Morgan fingerprint density at radius 1 is 1.37 bits per heavy atom. The largest absolute Gasteiger partial charge is 0.475 e. The van der Waals surface area contributed by atoms with Gasteiger partial charge < -0.3 is 15.5 Å². The number of para-hydroxylation sites is 1. The maximum atomic E-state index is 11.0. The standard InChI is InChI=1S/C13H15N3O3/c1-2-8(17)7-14-11-9-5-3-4-6-10(9)15-12(16-11)13(18)19/h3-6,8,17H,2,7H2,1H3,(H,18,19)(H,14,15,16). The molecule has 6 nitrogen and oxygen atoms in total. The molecule has 1 aromatic heterocycles. The summed E-state index contributed by atoms with van der Waals surface area (Å²) in [6, 6.07) is 7.14. The number of aliphatic hydroxyl groups excluding tert-OH is 1. The number of nitrogens with zero attached hydrogens (tertiary/aromatic N) is 2. The first kappa shape index (κ1) is 13.2. The van der Waals surface area contributed by atoms with Crippen molar-refractivity contribution in [1.29, 1.82) is 0 Å². The molecule has 3 N–H and O–H groups in total. The van der Waals surface area contributed by atoms with Crippen molar-refractivity contribution in [2.24, 2.45) is 0 Å². The van der Waals surface area contributed by atoms with Crippen molar-refractivity contribution in [1.82, 2.24) is 9.97 Å². The van der Waals surface area contributed by atoms with E-state index in [4.69, 9.17) is 5.11 Å². The molecule has 0 bridgehead atoms. The number of hydrogen-bond acceptors (Lipinski definition) is 5. The second kappa shape index (κ2) is 5.62. The van der Waals surface area contributed by atoms with Gasteiger partial charge in [0.2, 0.25) is 5.82 Å². The lowest BCUT2D eigenvalue weighted by Crippen LogP contribution is -2.19. The molecule has 19 heavy (non-hydrogen) atoms. The third-order valence-electron chi connectivity index (χ3n) is 2.77. The quantitative estimate of drug-likeness (QED) is 0.755. The SMILES string of the molecule is CCC(O)CNc1nc(C(=O)O)nc2ccccc12. The molecule has 0 aliphatic rings. The van der Waals surface area contributed by atoms with E-state index in [2.05, 4.69) is 15.3 Å². The van der Waals surface area contributed by atoms with Gasteiger partial charge in [0, 0.05) is 11.9 Å². The molecule has 0 saturated carbocycles. The van der Waals surface area contributed by atoms with Crippen molar-refractivity contribution >= 4 is 22.7 Å². The van der Waals surface area contributed by atoms with Crippen molar-refractivity contribution in [3.05, 3.63) is 30.1 Å². The Kier molecular flexibility index (Phi) is 3.91. The molecule has 0 spiro atoms. The van der Waals surface area contributed by atoms with Crippen LogP contribution >= 0.6 is 0 Å². The monoisotopic (exact) mass is 261 g/mol. The van der Waals surface area contributed by atoms with Crippen LogP contribution in [0.2, 0.25) is 0 Å². The molecule has 0 aliphatic heterocycles. The molecule has 2 aromatic rings. The van der Waals surface area contributed by atoms with E-state index in [9.17, 15) is 9.90 Å². The minimum absolute atomic E-state index is 0.257. The second-order valence-corrected chi connectivity index (χ2v) is 4.16. The molecule has 6 heteroatoms. The van der Waals surface area contributed by atoms with Crippen LogP contribution in [-0.4, -0.2) is 38.8 Å². The van der Waals surface area contributed by atoms with Gasteiger partial charge in [0.05, 0.1) is 11.6 Å². The minimum atomic E-state index is -1.18. The van der Waals surface area contributed by atoms with Crippen LogP contribution < -0.4 is 5.32 Å². The van der Waals surface area contributed by atoms with Crippen LogP contribution in [0.4, 0.5) is 5.82 Å². The van der Waals surface area contributed by atoms with Crippen molar-refractivity contribution in [2.75, 3.05) is 11.9 Å². The number of fused-ring (bicyclic) bond motifs is 1. The van der Waals surface area contributed by atoms with Crippen LogP contribution in [0, 0.1) is 0 Å². The molecule has 0 saturated heterocycles. The van der Waals surface area contributed by atoms with E-state index >= 15 is 0 Å². The summed E-state index contributed by atoms with van der Waals surface area (Å²) in [5.74, 6) is -1.01. The van der Waals surface area contributed by atoms with Gasteiger partial charge >= 0.3 is 5.97 Å². The third-order valence-corrected chi connectivity index (χ3v) is 2.77. The smallest absolute Gasteiger partial charge is 0.374 e. The molecule has 1 aromatic carbocycles. The van der Waals surface area contributed by atoms with Gasteiger partial charge in [0.1, 0.15) is 5.82 Å². The van der Waals surface area contributed by atoms with E-state index in [0.717, 1.165) is 5.39 Å². The number of aliphatic hydroxyl groups is 1. The summed E-state index contributed by atoms with van der Waals surface area (Å²) in [7, 11) is 0. The number of aromatic carboxylic acids is 1. The first-order valence-corrected chi connectivity index (χ1v) is 6.03. The van der Waals surface area contributed by atoms with E-state index in [1.54, 1.807) is 12.1 Å². The Morgan fingerprint density at radius 3 is 2.79 bits per heavy atom. The molecule has 1 unspecified atom stereocenters. The second-order valence-electron chi connectivity index (χ2n) is 4.16. The normalized spacial score (nSPS) is 12.3. The first-order chi connectivity index (χ1) is 9.11. The van der Waals surface area contributed by atoms with Crippen LogP contribution in [0.1, 0.15) is 24.0 Å². The number of carbonyl (C=O) groups is 1. The summed E-state index contributed by atoms with van der Waals surface area (Å²) in [5.41, 5.74) is 0.559. The van der Waals surface area contributed by atoms with Crippen molar-refractivity contribution in [3.8, 4) is 0 Å². The van der Waals surface area contributed by atoms with E-state index in [-0.39, 0.29) is 5.82 Å². The Hall–Kier alpha value is -2.21. The molecule has 2 rings (SSSR count). The molecule has 100 valence electrons. The van der Waals surface area contributed by atoms with Crippen LogP contribution in [0.15, 0.2) is 24.3 Å². The lowest BCUT2D eigenvalue weighted by Gasteiger charge is -2.12. The van der Waals surface area contributed by atoms with Crippen LogP contribution in [-0.2, 0) is 0 Å². The summed E-state index contributed by atoms with van der Waals surface area (Å²) in [6.45, 7) is 2.18. The number of rotatable bonds is 5. The Bertz CT molecular complexity index is 601. The zero-order valence-electron chi connectivity index (χ0n) is 10.5. The highest BCUT2D eigenvalue weighted by Gasteiger charge is 2.13. The van der Waals surface area contributed by atoms with Gasteiger partial charge in [0.25, 0.3) is 0 Å². The maximum Gasteiger partial charge on any atom is 0.374 e. The average Bonchev–Trinajstić information content (AvgIpc) is 2.43. The van der Waals surface area contributed by atoms with Gasteiger partial charge in [-0.1, -0.05) is 19.1 Å². The van der Waals surface area contributed by atoms with Gasteiger partial charge in [-0.2, -0.15) is 0 Å². The molecule has 0 aliphatic carbocycles. The molecule has 0 fully saturated rings. The predicted octanol–water partition coefficient (Wildman–Crippen LogP) is 1.51. The fourth-order valence-corrected chi connectivity index (χ4v) is 1.67. The van der Waals surface area contributed by atoms with Crippen molar-refractivity contribution < 1.29 is 15.0 Å². The third kappa shape index (κ3) is 2.97. The maximum absolute atomic E-state index is 11.0. The number of nitrogens with one attached hydrogen (secondary N) is 1. The van der Waals surface area contributed by atoms with Crippen LogP contribution in [0.5, 0.6) is 0 Å². The lowest BCUT2D eigenvalue weighted by atomic mass is 10.2. The van der Waals surface area contributed by atoms with E-state index in [1.807, 2.05) is 19.1 Å². The number of carboxylic acids is 1.